The number of imidazole rings is 1. The average molecular weight is 550 g/mol. The molecule has 1 aliphatic carbocycles. The number of hydrogen-bond donors (Lipinski definition) is 1. The second-order valence-corrected chi connectivity index (χ2v) is 12.3. The molecule has 1 aliphatic heterocycles. The van der Waals surface area contributed by atoms with Gasteiger partial charge in [0.1, 0.15) is 0 Å². The summed E-state index contributed by atoms with van der Waals surface area (Å²) in [6.07, 6.45) is 11.5. The fourth-order valence-electron chi connectivity index (χ4n) is 5.39. The number of nitrogens with zero attached hydrogens (tertiary/aromatic N) is 5. The molecule has 2 atom stereocenters. The Morgan fingerprint density at radius 3 is 2.77 bits per heavy atom. The fourth-order valence-corrected chi connectivity index (χ4v) is 6.26. The second-order valence-electron chi connectivity index (χ2n) is 9.41. The van der Waals surface area contributed by atoms with Gasteiger partial charge < -0.3 is 4.90 Å². The van der Waals surface area contributed by atoms with Crippen molar-refractivity contribution in [2.75, 3.05) is 18.0 Å². The van der Waals surface area contributed by atoms with E-state index < -0.39 is 15.7 Å². The lowest BCUT2D eigenvalue weighted by molar-refractivity contribution is 0.169. The highest BCUT2D eigenvalue weighted by Crippen LogP contribution is 2.56. The van der Waals surface area contributed by atoms with Crippen LogP contribution in [0.1, 0.15) is 50.3 Å². The monoisotopic (exact) mass is 550 g/mol. The van der Waals surface area contributed by atoms with Crippen molar-refractivity contribution < 1.29 is 4.21 Å². The molecule has 1 fully saturated rings. The van der Waals surface area contributed by atoms with Gasteiger partial charge in [0.05, 0.1) is 19.3 Å². The van der Waals surface area contributed by atoms with Gasteiger partial charge in [-0.25, -0.2) is 14.2 Å². The number of nitrogens with two attached hydrogens (primary N) is 1. The largest absolute Gasteiger partial charge is 0.342 e. The number of rotatable bonds is 4. The summed E-state index contributed by atoms with van der Waals surface area (Å²) < 4.78 is 14.9. The van der Waals surface area contributed by atoms with E-state index in [2.05, 4.69) is 42.9 Å². The van der Waals surface area contributed by atoms with Gasteiger partial charge in [-0.1, -0.05) is 6.07 Å². The van der Waals surface area contributed by atoms with E-state index in [4.69, 9.17) is 15.1 Å². The van der Waals surface area contributed by atoms with Crippen molar-refractivity contribution in [1.29, 1.82) is 0 Å². The fraction of sp³-hybridized carbons (Fsp3) is 0.500. The summed E-state index contributed by atoms with van der Waals surface area (Å²) >= 11 is 2.28. The van der Waals surface area contributed by atoms with Gasteiger partial charge in [-0.15, -0.1) is 0 Å². The van der Waals surface area contributed by atoms with Crippen LogP contribution in [0.4, 0.5) is 5.95 Å². The van der Waals surface area contributed by atoms with E-state index in [1.807, 2.05) is 44.7 Å². The lowest BCUT2D eigenvalue weighted by atomic mass is 9.67. The molecule has 7 nitrogen and oxygen atoms in total. The molecule has 0 bridgehead atoms. The van der Waals surface area contributed by atoms with Gasteiger partial charge in [0.25, 0.3) is 0 Å². The Morgan fingerprint density at radius 2 is 2.03 bits per heavy atom. The molecule has 1 saturated heterocycles. The minimum atomic E-state index is -1.37. The average Bonchev–Trinajstić information content (AvgIpc) is 3.34. The quantitative estimate of drug-likeness (QED) is 0.503. The molecular formula is C22H27IN6OS. The van der Waals surface area contributed by atoms with Crippen LogP contribution >= 0.6 is 22.6 Å². The van der Waals surface area contributed by atoms with Gasteiger partial charge in [0.15, 0.2) is 5.65 Å². The van der Waals surface area contributed by atoms with Gasteiger partial charge in [0, 0.05) is 43.6 Å². The maximum atomic E-state index is 12.2. The Bertz CT molecular complexity index is 1150. The summed E-state index contributed by atoms with van der Waals surface area (Å²) in [4.78, 5) is 16.3. The van der Waals surface area contributed by atoms with Crippen LogP contribution in [-0.2, 0) is 17.4 Å². The second kappa shape index (κ2) is 7.77. The van der Waals surface area contributed by atoms with Gasteiger partial charge in [-0.2, -0.15) is 0 Å². The van der Waals surface area contributed by atoms with E-state index in [0.717, 1.165) is 53.9 Å². The first-order valence-electron chi connectivity index (χ1n) is 10.6. The summed E-state index contributed by atoms with van der Waals surface area (Å²) in [5, 5.41) is 5.87. The topological polar surface area (TPSA) is 89.4 Å². The van der Waals surface area contributed by atoms with Crippen LogP contribution in [0.25, 0.3) is 5.65 Å². The molecular weight excluding hydrogens is 523 g/mol. The zero-order chi connectivity index (χ0) is 21.8. The maximum absolute atomic E-state index is 12.2. The van der Waals surface area contributed by atoms with Crippen molar-refractivity contribution in [2.24, 2.45) is 10.6 Å². The lowest BCUT2D eigenvalue weighted by Crippen LogP contribution is -2.45. The highest BCUT2D eigenvalue weighted by atomic mass is 127. The smallest absolute Gasteiger partial charge is 0.211 e. The molecule has 2 aliphatic rings. The predicted molar refractivity (Wildman–Crippen MR) is 131 cm³/mol. The SMILES string of the molecule is CC(C)(C[C@@H]1c2cccnc2CC12CCN(c1ncc(I)c3nccn13)CC2)S(N)=O. The molecule has 31 heavy (non-hydrogen) atoms. The Balaban J connectivity index is 1.44. The highest BCUT2D eigenvalue weighted by molar-refractivity contribution is 14.1. The summed E-state index contributed by atoms with van der Waals surface area (Å²) in [5.74, 6) is 1.27. The van der Waals surface area contributed by atoms with Crippen molar-refractivity contribution in [1.82, 2.24) is 19.4 Å². The molecule has 0 saturated carbocycles. The third-order valence-electron chi connectivity index (χ3n) is 7.21. The number of halogens is 1. The van der Waals surface area contributed by atoms with Crippen LogP contribution in [0.3, 0.4) is 0 Å². The summed E-state index contributed by atoms with van der Waals surface area (Å²) in [5.41, 5.74) is 3.59. The van der Waals surface area contributed by atoms with Gasteiger partial charge >= 0.3 is 0 Å². The summed E-state index contributed by atoms with van der Waals surface area (Å²) in [6.45, 7) is 5.90. The molecule has 1 unspecified atom stereocenters. The first-order chi connectivity index (χ1) is 14.8. The van der Waals surface area contributed by atoms with Crippen LogP contribution < -0.4 is 10.0 Å². The van der Waals surface area contributed by atoms with Crippen LogP contribution in [0.15, 0.2) is 36.9 Å². The van der Waals surface area contributed by atoms with Crippen LogP contribution in [0.2, 0.25) is 0 Å². The Morgan fingerprint density at radius 1 is 1.26 bits per heavy atom. The first-order valence-corrected chi connectivity index (χ1v) is 12.9. The Hall–Kier alpha value is -1.59. The zero-order valence-corrected chi connectivity index (χ0v) is 20.8. The summed E-state index contributed by atoms with van der Waals surface area (Å²) in [7, 11) is -1.37. The summed E-state index contributed by atoms with van der Waals surface area (Å²) in [6, 6.07) is 4.23. The molecule has 9 heteroatoms. The Labute approximate surface area is 198 Å². The number of hydrogen-bond acceptors (Lipinski definition) is 5. The van der Waals surface area contributed by atoms with Crippen molar-refractivity contribution >= 4 is 45.2 Å². The van der Waals surface area contributed by atoms with E-state index in [-0.39, 0.29) is 5.41 Å². The molecule has 5 rings (SSSR count). The molecule has 3 aromatic rings. The Kier molecular flexibility index (Phi) is 5.33. The molecule has 0 amide bonds. The molecule has 0 aromatic carbocycles. The van der Waals surface area contributed by atoms with Crippen molar-refractivity contribution in [3.8, 4) is 0 Å². The molecule has 1 spiro atoms. The van der Waals surface area contributed by atoms with Crippen LogP contribution in [-0.4, -0.2) is 41.4 Å². The molecule has 3 aromatic heterocycles. The van der Waals surface area contributed by atoms with E-state index in [1.54, 1.807) is 0 Å². The third kappa shape index (κ3) is 3.58. The van der Waals surface area contributed by atoms with Crippen molar-refractivity contribution in [3.63, 3.8) is 0 Å². The maximum Gasteiger partial charge on any atom is 0.211 e. The number of piperidine rings is 1. The van der Waals surface area contributed by atoms with Crippen molar-refractivity contribution in [3.05, 3.63) is 51.7 Å². The number of anilines is 1. The van der Waals surface area contributed by atoms with Crippen LogP contribution in [0, 0.1) is 8.99 Å². The van der Waals surface area contributed by atoms with Gasteiger partial charge in [0.2, 0.25) is 5.95 Å². The molecule has 0 radical (unpaired) electrons. The normalized spacial score (nSPS) is 21.5. The molecule has 4 heterocycles. The van der Waals surface area contributed by atoms with Gasteiger partial charge in [-0.3, -0.25) is 14.5 Å². The number of pyridine rings is 1. The molecule has 164 valence electrons. The predicted octanol–water partition coefficient (Wildman–Crippen LogP) is 3.45. The van der Waals surface area contributed by atoms with Crippen molar-refractivity contribution in [2.45, 2.75) is 50.2 Å². The van der Waals surface area contributed by atoms with E-state index in [9.17, 15) is 4.21 Å². The lowest BCUT2D eigenvalue weighted by Gasteiger charge is -2.45. The third-order valence-corrected chi connectivity index (χ3v) is 9.22. The number of aromatic nitrogens is 4. The van der Waals surface area contributed by atoms with E-state index in [1.165, 1.54) is 11.3 Å². The highest BCUT2D eigenvalue weighted by Gasteiger charge is 2.50. The zero-order valence-electron chi connectivity index (χ0n) is 17.8. The van der Waals surface area contributed by atoms with E-state index in [0.29, 0.717) is 5.92 Å². The number of fused-ring (bicyclic) bond motifs is 2. The van der Waals surface area contributed by atoms with E-state index >= 15 is 0 Å². The first kappa shape index (κ1) is 21.3. The van der Waals surface area contributed by atoms with Crippen LogP contribution in [0.5, 0.6) is 0 Å². The minimum Gasteiger partial charge on any atom is -0.342 e. The van der Waals surface area contributed by atoms with Gasteiger partial charge in [-0.05, 0) is 85.1 Å². The minimum absolute atomic E-state index is 0.126. The standard InChI is InChI=1S/C22H27IN6OS/c1-21(2,31(24)30)12-16-15-4-3-7-25-18(15)13-22(16)5-9-28(10-6-22)20-27-14-17(23)19-26-8-11-29(19)20/h3-4,7-8,11,14,16H,5-6,9-10,12-13,24H2,1-2H3/t16-,31?/m1/s1. The molecule has 2 N–H and O–H groups in total.